The summed E-state index contributed by atoms with van der Waals surface area (Å²) in [5, 5.41) is 10.6. The highest BCUT2D eigenvalue weighted by atomic mass is 31.2. The number of hydrogen-bond donors (Lipinski definition) is 3. The Morgan fingerprint density at radius 1 is 0.293 bits per heavy atom. The van der Waals surface area contributed by atoms with Gasteiger partial charge in [0.05, 0.1) is 26.4 Å². The Kier molecular flexibility index (Phi) is 64.9. The third-order valence-corrected chi connectivity index (χ3v) is 18.9. The maximum Gasteiger partial charge on any atom is 0.472 e. The van der Waals surface area contributed by atoms with Crippen LogP contribution in [0.4, 0.5) is 0 Å². The van der Waals surface area contributed by atoms with Crippen LogP contribution in [0.25, 0.3) is 0 Å². The van der Waals surface area contributed by atoms with E-state index in [0.717, 1.165) is 109 Å². The average Bonchev–Trinajstić information content (AvgIpc) is 1.76. The predicted molar refractivity (Wildman–Crippen MR) is 372 cm³/mol. The van der Waals surface area contributed by atoms with Crippen molar-refractivity contribution >= 4 is 39.5 Å². The van der Waals surface area contributed by atoms with Crippen molar-refractivity contribution in [3.8, 4) is 0 Å². The Hall–Kier alpha value is -1.94. The molecule has 5 atom stereocenters. The van der Waals surface area contributed by atoms with Crippen LogP contribution in [0.5, 0.6) is 0 Å². The molecule has 3 N–H and O–H groups in total. The number of carbonyl (C=O) groups excluding carboxylic acids is 4. The third-order valence-electron chi connectivity index (χ3n) is 17.0. The molecule has 0 aromatic rings. The Balaban J connectivity index is 5.16. The molecule has 0 amide bonds. The molecule has 0 aliphatic carbocycles. The van der Waals surface area contributed by atoms with Crippen molar-refractivity contribution in [1.29, 1.82) is 0 Å². The second-order valence-corrected chi connectivity index (χ2v) is 29.7. The molecule has 17 nitrogen and oxygen atoms in total. The zero-order valence-electron chi connectivity index (χ0n) is 59.7. The highest BCUT2D eigenvalue weighted by molar-refractivity contribution is 7.47. The highest BCUT2D eigenvalue weighted by Crippen LogP contribution is 2.45. The number of esters is 4. The minimum Gasteiger partial charge on any atom is -0.462 e. The van der Waals surface area contributed by atoms with Gasteiger partial charge >= 0.3 is 39.5 Å². The van der Waals surface area contributed by atoms with E-state index in [9.17, 15) is 43.2 Å². The predicted octanol–water partition coefficient (Wildman–Crippen LogP) is 21.3. The number of unbranched alkanes of at least 4 members (excludes halogenated alkanes) is 45. The second-order valence-electron chi connectivity index (χ2n) is 26.8. The number of rotatable bonds is 73. The van der Waals surface area contributed by atoms with Crippen LogP contribution in [0.2, 0.25) is 0 Å². The standard InChI is InChI=1S/C73H142O17P2/c1-6-9-12-15-18-20-22-23-24-25-26-27-28-29-30-35-39-44-49-54-59-73(78)90-69(63-84-71(76)57-52-47-42-38-34-32-31-33-36-41-45-50-55-66(4)5)65-88-92(81,82)86-61-67(74)60-85-91(79,80)87-64-68(62-83-70(75)56-51-46-40-17-14-11-8-3)89-72(77)58-53-48-43-37-21-19-16-13-10-7-2/h66-69,74H,6-65H2,1-5H3,(H,79,80)(H,81,82)/t67-,68+,69+/m0/s1. The van der Waals surface area contributed by atoms with Gasteiger partial charge in [0.2, 0.25) is 0 Å². The third kappa shape index (κ3) is 66.7. The van der Waals surface area contributed by atoms with Crippen molar-refractivity contribution < 1.29 is 80.2 Å². The van der Waals surface area contributed by atoms with E-state index in [1.54, 1.807) is 0 Å². The van der Waals surface area contributed by atoms with Gasteiger partial charge in [-0.25, -0.2) is 9.13 Å². The topological polar surface area (TPSA) is 237 Å². The number of phosphoric ester groups is 2. The van der Waals surface area contributed by atoms with Gasteiger partial charge in [0.25, 0.3) is 0 Å². The van der Waals surface area contributed by atoms with Gasteiger partial charge in [0, 0.05) is 25.7 Å². The number of carbonyl (C=O) groups is 4. The van der Waals surface area contributed by atoms with E-state index in [1.807, 2.05) is 0 Å². The van der Waals surface area contributed by atoms with Crippen LogP contribution < -0.4 is 0 Å². The molecule has 0 heterocycles. The summed E-state index contributed by atoms with van der Waals surface area (Å²) >= 11 is 0. The van der Waals surface area contributed by atoms with E-state index in [2.05, 4.69) is 34.6 Å². The van der Waals surface area contributed by atoms with Crippen LogP contribution in [-0.4, -0.2) is 96.7 Å². The van der Waals surface area contributed by atoms with Gasteiger partial charge in [-0.2, -0.15) is 0 Å². The lowest BCUT2D eigenvalue weighted by Crippen LogP contribution is -2.30. The molecule has 0 bridgehead atoms. The first-order valence-electron chi connectivity index (χ1n) is 38.1. The zero-order chi connectivity index (χ0) is 67.7. The van der Waals surface area contributed by atoms with Crippen molar-refractivity contribution in [2.75, 3.05) is 39.6 Å². The van der Waals surface area contributed by atoms with Crippen LogP contribution in [0.1, 0.15) is 381 Å². The van der Waals surface area contributed by atoms with E-state index in [4.69, 9.17) is 37.0 Å². The number of ether oxygens (including phenoxy) is 4. The van der Waals surface area contributed by atoms with Gasteiger partial charge < -0.3 is 33.8 Å². The molecule has 0 aromatic carbocycles. The van der Waals surface area contributed by atoms with Crippen molar-refractivity contribution in [2.45, 2.75) is 400 Å². The lowest BCUT2D eigenvalue weighted by Gasteiger charge is -2.21. The summed E-state index contributed by atoms with van der Waals surface area (Å²) in [6.45, 7) is 7.23. The summed E-state index contributed by atoms with van der Waals surface area (Å²) in [5.41, 5.74) is 0. The number of phosphoric acid groups is 2. The average molecular weight is 1350 g/mol. The molecule has 0 aromatic heterocycles. The van der Waals surface area contributed by atoms with Crippen molar-refractivity contribution in [3.63, 3.8) is 0 Å². The SMILES string of the molecule is CCCCCCCCCCCCCCCCCCCCCCC(=O)O[C@H](COC(=O)CCCCCCCCCCCCCCC(C)C)COP(=O)(O)OC[C@@H](O)COP(=O)(O)OC[C@@H](COC(=O)CCCCCCCCC)OC(=O)CCCCCCCCCCCC. The van der Waals surface area contributed by atoms with Crippen LogP contribution in [-0.2, 0) is 65.4 Å². The first-order valence-corrected chi connectivity index (χ1v) is 41.1. The lowest BCUT2D eigenvalue weighted by atomic mass is 10.0. The molecule has 0 fully saturated rings. The fourth-order valence-electron chi connectivity index (χ4n) is 11.2. The number of aliphatic hydroxyl groups excluding tert-OH is 1. The van der Waals surface area contributed by atoms with Gasteiger partial charge in [-0.05, 0) is 31.6 Å². The largest absolute Gasteiger partial charge is 0.472 e. The molecule has 0 spiro atoms. The normalized spacial score (nSPS) is 14.0. The molecule has 19 heteroatoms. The molecule has 2 unspecified atom stereocenters. The molecule has 92 heavy (non-hydrogen) atoms. The number of hydrogen-bond acceptors (Lipinski definition) is 15. The molecular weight excluding hydrogens is 1210 g/mol. The molecule has 0 saturated heterocycles. The Bertz CT molecular complexity index is 1770. The van der Waals surface area contributed by atoms with Crippen molar-refractivity contribution in [1.82, 2.24) is 0 Å². The molecule has 0 radical (unpaired) electrons. The van der Waals surface area contributed by atoms with Crippen LogP contribution in [0, 0.1) is 5.92 Å². The lowest BCUT2D eigenvalue weighted by molar-refractivity contribution is -0.161. The van der Waals surface area contributed by atoms with Gasteiger partial charge in [0.15, 0.2) is 12.2 Å². The fraction of sp³-hybridized carbons (Fsp3) is 0.945. The minimum atomic E-state index is -4.95. The van der Waals surface area contributed by atoms with E-state index in [1.165, 1.54) is 193 Å². The van der Waals surface area contributed by atoms with E-state index >= 15 is 0 Å². The van der Waals surface area contributed by atoms with E-state index in [0.29, 0.717) is 25.7 Å². The molecular formula is C73H142O17P2. The van der Waals surface area contributed by atoms with E-state index in [-0.39, 0.29) is 25.7 Å². The zero-order valence-corrected chi connectivity index (χ0v) is 61.5. The Morgan fingerprint density at radius 3 is 0.739 bits per heavy atom. The summed E-state index contributed by atoms with van der Waals surface area (Å²) < 4.78 is 68.3. The smallest absolute Gasteiger partial charge is 0.462 e. The summed E-state index contributed by atoms with van der Waals surface area (Å²) in [6, 6.07) is 0. The fourth-order valence-corrected chi connectivity index (χ4v) is 12.8. The molecule has 0 saturated carbocycles. The summed E-state index contributed by atoms with van der Waals surface area (Å²) in [7, 11) is -9.90. The minimum absolute atomic E-state index is 0.106. The van der Waals surface area contributed by atoms with Gasteiger partial charge in [-0.3, -0.25) is 37.3 Å². The maximum absolute atomic E-state index is 13.1. The molecule has 0 aliphatic heterocycles. The summed E-state index contributed by atoms with van der Waals surface area (Å²) in [6.07, 6.45) is 54.3. The first kappa shape index (κ1) is 90.1. The first-order chi connectivity index (χ1) is 44.5. The van der Waals surface area contributed by atoms with Crippen LogP contribution >= 0.6 is 15.6 Å². The molecule has 0 aliphatic rings. The van der Waals surface area contributed by atoms with Gasteiger partial charge in [-0.15, -0.1) is 0 Å². The summed E-state index contributed by atoms with van der Waals surface area (Å²) in [4.78, 5) is 72.5. The van der Waals surface area contributed by atoms with Gasteiger partial charge in [-0.1, -0.05) is 330 Å². The maximum atomic E-state index is 13.1. The van der Waals surface area contributed by atoms with Crippen molar-refractivity contribution in [3.05, 3.63) is 0 Å². The number of aliphatic hydroxyl groups is 1. The van der Waals surface area contributed by atoms with Crippen LogP contribution in [0.3, 0.4) is 0 Å². The molecule has 546 valence electrons. The molecule has 0 rings (SSSR count). The van der Waals surface area contributed by atoms with E-state index < -0.39 is 97.5 Å². The second kappa shape index (κ2) is 66.3. The highest BCUT2D eigenvalue weighted by Gasteiger charge is 2.30. The monoisotopic (exact) mass is 1350 g/mol. The summed E-state index contributed by atoms with van der Waals surface area (Å²) in [5.74, 6) is -1.34. The van der Waals surface area contributed by atoms with Crippen molar-refractivity contribution in [2.24, 2.45) is 5.92 Å². The Morgan fingerprint density at radius 2 is 0.500 bits per heavy atom. The van der Waals surface area contributed by atoms with Crippen LogP contribution in [0.15, 0.2) is 0 Å². The quantitative estimate of drug-likeness (QED) is 0.0222. The Labute approximate surface area is 562 Å². The van der Waals surface area contributed by atoms with Gasteiger partial charge in [0.1, 0.15) is 19.3 Å².